The van der Waals surface area contributed by atoms with Gasteiger partial charge in [-0.15, -0.1) is 11.6 Å². The lowest BCUT2D eigenvalue weighted by Gasteiger charge is -2.17. The summed E-state index contributed by atoms with van der Waals surface area (Å²) in [5.74, 6) is 0.466. The summed E-state index contributed by atoms with van der Waals surface area (Å²) in [6.07, 6.45) is 3.50. The number of aromatic nitrogens is 2. The number of pyridine rings is 2. The normalized spacial score (nSPS) is 12.6. The quantitative estimate of drug-likeness (QED) is 0.856. The molecule has 0 aromatic carbocycles. The van der Waals surface area contributed by atoms with Crippen molar-refractivity contribution in [2.24, 2.45) is 0 Å². The van der Waals surface area contributed by atoms with E-state index in [1.165, 1.54) is 0 Å². The van der Waals surface area contributed by atoms with Crippen molar-refractivity contribution in [2.75, 3.05) is 24.9 Å². The summed E-state index contributed by atoms with van der Waals surface area (Å²) in [6, 6.07) is 3.87. The Morgan fingerprint density at radius 2 is 2.33 bits per heavy atom. The van der Waals surface area contributed by atoms with Crippen LogP contribution in [0.1, 0.15) is 0 Å². The lowest BCUT2D eigenvalue weighted by Crippen LogP contribution is -2.26. The zero-order valence-electron chi connectivity index (χ0n) is 9.86. The zero-order chi connectivity index (χ0) is 13.0. The lowest BCUT2D eigenvalue weighted by molar-refractivity contribution is 0.191. The van der Waals surface area contributed by atoms with Gasteiger partial charge < -0.3 is 10.1 Å². The maximum absolute atomic E-state index is 5.89. The average molecular weight is 331 g/mol. The number of hydrogen-bond acceptors (Lipinski definition) is 4. The zero-order valence-corrected chi connectivity index (χ0v) is 12.2. The molecule has 0 radical (unpaired) electrons. The predicted octanol–water partition coefficient (Wildman–Crippen LogP) is 3.06. The SMILES string of the molecule is COCC(CCl)Nc1ccnc2cc(Br)cnc12. The molecule has 1 unspecified atom stereocenters. The molecular weight excluding hydrogens is 318 g/mol. The highest BCUT2D eigenvalue weighted by Crippen LogP contribution is 2.22. The van der Waals surface area contributed by atoms with Gasteiger partial charge in [0, 0.05) is 29.9 Å². The number of halogens is 2. The number of fused-ring (bicyclic) bond motifs is 1. The summed E-state index contributed by atoms with van der Waals surface area (Å²) in [4.78, 5) is 8.66. The van der Waals surface area contributed by atoms with Crippen LogP contribution in [0.4, 0.5) is 5.69 Å². The molecule has 0 aliphatic heterocycles. The second kappa shape index (κ2) is 6.31. The summed E-state index contributed by atoms with van der Waals surface area (Å²) in [6.45, 7) is 0.545. The molecule has 0 amide bonds. The van der Waals surface area contributed by atoms with E-state index in [9.17, 15) is 0 Å². The third kappa shape index (κ3) is 3.10. The van der Waals surface area contributed by atoms with Crippen LogP contribution in [0.5, 0.6) is 0 Å². The van der Waals surface area contributed by atoms with E-state index in [1.54, 1.807) is 19.5 Å². The Morgan fingerprint density at radius 3 is 3.06 bits per heavy atom. The van der Waals surface area contributed by atoms with Crippen molar-refractivity contribution in [2.45, 2.75) is 6.04 Å². The Hall–Kier alpha value is -0.910. The van der Waals surface area contributed by atoms with E-state index in [0.29, 0.717) is 12.5 Å². The van der Waals surface area contributed by atoms with Crippen molar-refractivity contribution in [1.82, 2.24) is 9.97 Å². The molecule has 4 nitrogen and oxygen atoms in total. The Morgan fingerprint density at radius 1 is 1.50 bits per heavy atom. The van der Waals surface area contributed by atoms with Gasteiger partial charge in [-0.05, 0) is 28.1 Å². The highest BCUT2D eigenvalue weighted by atomic mass is 79.9. The summed E-state index contributed by atoms with van der Waals surface area (Å²) in [5.41, 5.74) is 2.57. The second-order valence-corrected chi connectivity index (χ2v) is 5.05. The average Bonchev–Trinajstić information content (AvgIpc) is 2.38. The van der Waals surface area contributed by atoms with Crippen LogP contribution in [0.15, 0.2) is 29.0 Å². The fourth-order valence-corrected chi connectivity index (χ4v) is 2.15. The van der Waals surface area contributed by atoms with Gasteiger partial charge in [-0.1, -0.05) is 0 Å². The van der Waals surface area contributed by atoms with Gasteiger partial charge in [-0.3, -0.25) is 9.97 Å². The molecule has 0 bridgehead atoms. The van der Waals surface area contributed by atoms with Crippen molar-refractivity contribution in [3.8, 4) is 0 Å². The molecule has 18 heavy (non-hydrogen) atoms. The standard InChI is InChI=1S/C12H13BrClN3O/c1-18-7-9(5-14)17-10-2-3-15-11-4-8(13)6-16-12(10)11/h2-4,6,9H,5,7H2,1H3,(H,15,17). The Balaban J connectivity index is 2.32. The smallest absolute Gasteiger partial charge is 0.112 e. The van der Waals surface area contributed by atoms with E-state index in [4.69, 9.17) is 16.3 Å². The molecule has 0 spiro atoms. The first kappa shape index (κ1) is 13.5. The van der Waals surface area contributed by atoms with Crippen LogP contribution in [-0.4, -0.2) is 35.6 Å². The molecule has 0 fully saturated rings. The third-order valence-corrected chi connectivity index (χ3v) is 3.26. The van der Waals surface area contributed by atoms with Gasteiger partial charge in [0.25, 0.3) is 0 Å². The molecule has 1 atom stereocenters. The number of nitrogens with one attached hydrogen (secondary N) is 1. The van der Waals surface area contributed by atoms with Crippen LogP contribution >= 0.6 is 27.5 Å². The van der Waals surface area contributed by atoms with Gasteiger partial charge in [0.2, 0.25) is 0 Å². The molecule has 0 aliphatic carbocycles. The molecule has 2 aromatic heterocycles. The van der Waals surface area contributed by atoms with Crippen molar-refractivity contribution in [1.29, 1.82) is 0 Å². The first-order chi connectivity index (χ1) is 8.74. The number of alkyl halides is 1. The molecule has 2 rings (SSSR count). The molecule has 96 valence electrons. The topological polar surface area (TPSA) is 47.0 Å². The maximum atomic E-state index is 5.89. The van der Waals surface area contributed by atoms with Crippen molar-refractivity contribution in [3.63, 3.8) is 0 Å². The molecule has 1 N–H and O–H groups in total. The second-order valence-electron chi connectivity index (χ2n) is 3.83. The first-order valence-corrected chi connectivity index (χ1v) is 6.79. The maximum Gasteiger partial charge on any atom is 0.112 e. The van der Waals surface area contributed by atoms with Crippen LogP contribution in [0.25, 0.3) is 11.0 Å². The van der Waals surface area contributed by atoms with E-state index in [2.05, 4.69) is 31.2 Å². The molecule has 2 heterocycles. The Bertz CT molecular complexity index is 538. The first-order valence-electron chi connectivity index (χ1n) is 5.46. The van der Waals surface area contributed by atoms with Gasteiger partial charge in [0.05, 0.1) is 23.9 Å². The number of rotatable bonds is 5. The summed E-state index contributed by atoms with van der Waals surface area (Å²) in [7, 11) is 1.65. The Kier molecular flexibility index (Phi) is 4.74. The van der Waals surface area contributed by atoms with Crippen molar-refractivity contribution in [3.05, 3.63) is 29.0 Å². The van der Waals surface area contributed by atoms with E-state index < -0.39 is 0 Å². The number of hydrogen-bond donors (Lipinski definition) is 1. The lowest BCUT2D eigenvalue weighted by atomic mass is 10.2. The van der Waals surface area contributed by atoms with Crippen LogP contribution in [0.2, 0.25) is 0 Å². The Labute approximate surface area is 119 Å². The van der Waals surface area contributed by atoms with Crippen LogP contribution in [-0.2, 0) is 4.74 Å². The van der Waals surface area contributed by atoms with Gasteiger partial charge in [-0.2, -0.15) is 0 Å². The number of ether oxygens (including phenoxy) is 1. The molecule has 0 aliphatic rings. The minimum absolute atomic E-state index is 0.0488. The molecular formula is C12H13BrClN3O. The van der Waals surface area contributed by atoms with E-state index in [-0.39, 0.29) is 6.04 Å². The summed E-state index contributed by atoms with van der Waals surface area (Å²) >= 11 is 9.27. The fraction of sp³-hybridized carbons (Fsp3) is 0.333. The van der Waals surface area contributed by atoms with Gasteiger partial charge in [0.1, 0.15) is 5.52 Å². The van der Waals surface area contributed by atoms with Crippen molar-refractivity contribution >= 4 is 44.3 Å². The van der Waals surface area contributed by atoms with Crippen LogP contribution in [0.3, 0.4) is 0 Å². The largest absolute Gasteiger partial charge is 0.383 e. The molecule has 0 saturated heterocycles. The van der Waals surface area contributed by atoms with Gasteiger partial charge >= 0.3 is 0 Å². The number of anilines is 1. The molecule has 2 aromatic rings. The highest BCUT2D eigenvalue weighted by molar-refractivity contribution is 9.10. The third-order valence-electron chi connectivity index (χ3n) is 2.46. The monoisotopic (exact) mass is 329 g/mol. The van der Waals surface area contributed by atoms with Crippen LogP contribution < -0.4 is 5.32 Å². The number of nitrogens with zero attached hydrogens (tertiary/aromatic N) is 2. The molecule has 6 heteroatoms. The van der Waals surface area contributed by atoms with E-state index in [0.717, 1.165) is 21.2 Å². The summed E-state index contributed by atoms with van der Waals surface area (Å²) in [5, 5.41) is 3.32. The van der Waals surface area contributed by atoms with E-state index in [1.807, 2.05) is 12.1 Å². The highest BCUT2D eigenvalue weighted by Gasteiger charge is 2.10. The minimum Gasteiger partial charge on any atom is -0.383 e. The minimum atomic E-state index is 0.0488. The predicted molar refractivity (Wildman–Crippen MR) is 77.2 cm³/mol. The fourth-order valence-electron chi connectivity index (χ4n) is 1.67. The number of methoxy groups -OCH3 is 1. The van der Waals surface area contributed by atoms with Crippen LogP contribution in [0, 0.1) is 0 Å². The molecule has 0 saturated carbocycles. The summed E-state index contributed by atoms with van der Waals surface area (Å²) < 4.78 is 6.02. The van der Waals surface area contributed by atoms with Crippen molar-refractivity contribution < 1.29 is 4.74 Å². The van der Waals surface area contributed by atoms with Gasteiger partial charge in [-0.25, -0.2) is 0 Å². The van der Waals surface area contributed by atoms with Gasteiger partial charge in [0.15, 0.2) is 0 Å². The van der Waals surface area contributed by atoms with E-state index >= 15 is 0 Å².